The minimum atomic E-state index is -0.757. The summed E-state index contributed by atoms with van der Waals surface area (Å²) < 4.78 is 17.5. The normalized spacial score (nSPS) is 15.8. The predicted molar refractivity (Wildman–Crippen MR) is 122 cm³/mol. The van der Waals surface area contributed by atoms with Crippen molar-refractivity contribution in [3.8, 4) is 0 Å². The number of esters is 2. The van der Waals surface area contributed by atoms with Gasteiger partial charge in [-0.25, -0.2) is 14.6 Å². The van der Waals surface area contributed by atoms with Crippen molar-refractivity contribution < 1.29 is 23.5 Å². The van der Waals surface area contributed by atoms with Crippen molar-refractivity contribution in [2.24, 2.45) is 4.99 Å². The van der Waals surface area contributed by atoms with Crippen LogP contribution in [0.25, 0.3) is 6.08 Å². The SMILES string of the molecule is CCOC(=O)C1=C(C)N=c2s/c(=C\c3ccc(C)o3)c(=O)n2C1c1ccc(C(=O)OC)cc1. The summed E-state index contributed by atoms with van der Waals surface area (Å²) in [5.74, 6) is 0.268. The molecule has 1 aromatic carbocycles. The van der Waals surface area contributed by atoms with Crippen molar-refractivity contribution in [3.63, 3.8) is 0 Å². The molecule has 0 N–H and O–H groups in total. The largest absolute Gasteiger partial charge is 0.465 e. The highest BCUT2D eigenvalue weighted by atomic mass is 32.1. The lowest BCUT2D eigenvalue weighted by Crippen LogP contribution is -2.39. The van der Waals surface area contributed by atoms with Gasteiger partial charge in [-0.05, 0) is 50.6 Å². The maximum absolute atomic E-state index is 13.5. The van der Waals surface area contributed by atoms with Gasteiger partial charge in [0.15, 0.2) is 4.80 Å². The second-order valence-electron chi connectivity index (χ2n) is 7.36. The molecule has 2 aromatic heterocycles. The Bertz CT molecular complexity index is 1440. The molecule has 1 unspecified atom stereocenters. The first-order chi connectivity index (χ1) is 15.8. The van der Waals surface area contributed by atoms with Gasteiger partial charge in [-0.1, -0.05) is 23.5 Å². The van der Waals surface area contributed by atoms with Gasteiger partial charge < -0.3 is 13.9 Å². The van der Waals surface area contributed by atoms with Crippen LogP contribution in [0.4, 0.5) is 0 Å². The predicted octanol–water partition coefficient (Wildman–Crippen LogP) is 2.49. The topological polar surface area (TPSA) is 100 Å². The zero-order valence-corrected chi connectivity index (χ0v) is 19.4. The summed E-state index contributed by atoms with van der Waals surface area (Å²) in [6.07, 6.45) is 1.66. The number of aromatic nitrogens is 1. The number of allylic oxidation sites excluding steroid dienone is 1. The van der Waals surface area contributed by atoms with E-state index in [0.29, 0.717) is 31.9 Å². The number of hydrogen-bond acceptors (Lipinski definition) is 8. The summed E-state index contributed by atoms with van der Waals surface area (Å²) in [7, 11) is 1.31. The molecule has 0 bridgehead atoms. The minimum absolute atomic E-state index is 0.186. The summed E-state index contributed by atoms with van der Waals surface area (Å²) in [6, 6.07) is 9.43. The van der Waals surface area contributed by atoms with Gasteiger partial charge in [-0.2, -0.15) is 0 Å². The zero-order valence-electron chi connectivity index (χ0n) is 18.6. The van der Waals surface area contributed by atoms with Crippen molar-refractivity contribution in [2.45, 2.75) is 26.8 Å². The van der Waals surface area contributed by atoms with Gasteiger partial charge in [0.05, 0.1) is 41.1 Å². The van der Waals surface area contributed by atoms with Crippen molar-refractivity contribution in [1.82, 2.24) is 4.57 Å². The van der Waals surface area contributed by atoms with Crippen LogP contribution >= 0.6 is 11.3 Å². The van der Waals surface area contributed by atoms with Crippen LogP contribution in [0.2, 0.25) is 0 Å². The maximum atomic E-state index is 13.5. The Balaban J connectivity index is 1.92. The van der Waals surface area contributed by atoms with Crippen LogP contribution in [-0.2, 0) is 14.3 Å². The average molecular weight is 467 g/mol. The van der Waals surface area contributed by atoms with Gasteiger partial charge in [0.25, 0.3) is 5.56 Å². The van der Waals surface area contributed by atoms with E-state index in [-0.39, 0.29) is 17.7 Å². The Kier molecular flexibility index (Phi) is 6.15. The molecular formula is C24H22N2O6S. The van der Waals surface area contributed by atoms with Gasteiger partial charge in [-0.15, -0.1) is 0 Å². The first-order valence-corrected chi connectivity index (χ1v) is 11.1. The van der Waals surface area contributed by atoms with Gasteiger partial charge in [0, 0.05) is 6.08 Å². The molecule has 0 fully saturated rings. The fourth-order valence-corrected chi connectivity index (χ4v) is 4.71. The summed E-state index contributed by atoms with van der Waals surface area (Å²) in [4.78, 5) is 43.2. The molecule has 0 amide bonds. The monoisotopic (exact) mass is 466 g/mol. The molecule has 0 spiro atoms. The van der Waals surface area contributed by atoms with E-state index in [2.05, 4.69) is 4.99 Å². The van der Waals surface area contributed by atoms with Crippen LogP contribution in [0.5, 0.6) is 0 Å². The Morgan fingerprint density at radius 3 is 2.48 bits per heavy atom. The minimum Gasteiger partial charge on any atom is -0.465 e. The third kappa shape index (κ3) is 4.19. The summed E-state index contributed by atoms with van der Waals surface area (Å²) in [5, 5.41) is 0. The van der Waals surface area contributed by atoms with Crippen molar-refractivity contribution in [3.05, 3.63) is 90.0 Å². The van der Waals surface area contributed by atoms with E-state index in [1.54, 1.807) is 50.3 Å². The number of carbonyl (C=O) groups excluding carboxylic acids is 2. The van der Waals surface area contributed by atoms with E-state index in [1.165, 1.54) is 23.0 Å². The van der Waals surface area contributed by atoms with Crippen molar-refractivity contribution >= 4 is 29.4 Å². The van der Waals surface area contributed by atoms with E-state index in [0.717, 1.165) is 5.76 Å². The highest BCUT2D eigenvalue weighted by Gasteiger charge is 2.33. The number of fused-ring (bicyclic) bond motifs is 1. The van der Waals surface area contributed by atoms with E-state index < -0.39 is 18.0 Å². The summed E-state index contributed by atoms with van der Waals surface area (Å²) in [5.41, 5.74) is 1.44. The second-order valence-corrected chi connectivity index (χ2v) is 8.37. The number of aryl methyl sites for hydroxylation is 1. The highest BCUT2D eigenvalue weighted by Crippen LogP contribution is 2.31. The highest BCUT2D eigenvalue weighted by molar-refractivity contribution is 7.07. The number of nitrogens with zero attached hydrogens (tertiary/aromatic N) is 2. The first-order valence-electron chi connectivity index (χ1n) is 10.3. The molecule has 8 nitrogen and oxygen atoms in total. The summed E-state index contributed by atoms with van der Waals surface area (Å²) in [6.45, 7) is 5.45. The third-order valence-corrected chi connectivity index (χ3v) is 6.18. The number of methoxy groups -OCH3 is 1. The van der Waals surface area contributed by atoms with Crippen LogP contribution < -0.4 is 14.9 Å². The van der Waals surface area contributed by atoms with Crippen molar-refractivity contribution in [2.75, 3.05) is 13.7 Å². The molecule has 33 heavy (non-hydrogen) atoms. The number of rotatable bonds is 5. The number of hydrogen-bond donors (Lipinski definition) is 0. The van der Waals surface area contributed by atoms with E-state index >= 15 is 0 Å². The van der Waals surface area contributed by atoms with Gasteiger partial charge in [0.1, 0.15) is 11.5 Å². The molecule has 9 heteroatoms. The molecule has 1 aliphatic heterocycles. The summed E-state index contributed by atoms with van der Waals surface area (Å²) >= 11 is 1.21. The fourth-order valence-electron chi connectivity index (χ4n) is 3.69. The molecule has 4 rings (SSSR count). The molecule has 170 valence electrons. The third-order valence-electron chi connectivity index (χ3n) is 5.20. The van der Waals surface area contributed by atoms with Crippen LogP contribution in [0.15, 0.2) is 61.9 Å². The maximum Gasteiger partial charge on any atom is 0.338 e. The number of benzene rings is 1. The van der Waals surface area contributed by atoms with E-state index in [1.807, 2.05) is 13.0 Å². The number of ether oxygens (including phenoxy) is 2. The fraction of sp³-hybridized carbons (Fsp3) is 0.250. The van der Waals surface area contributed by atoms with Gasteiger partial charge >= 0.3 is 11.9 Å². The smallest absolute Gasteiger partial charge is 0.338 e. The van der Waals surface area contributed by atoms with Crippen LogP contribution in [0.1, 0.15) is 47.3 Å². The molecular weight excluding hydrogens is 444 g/mol. The standard InChI is InChI=1S/C24H22N2O6S/c1-5-31-23(29)19-14(3)25-24-26(20(19)15-7-9-16(10-8-15)22(28)30-4)21(27)18(33-24)12-17-11-6-13(2)32-17/h6-12,20H,5H2,1-4H3/b18-12-. The number of carbonyl (C=O) groups is 2. The Labute approximate surface area is 193 Å². The Hall–Kier alpha value is -3.72. The van der Waals surface area contributed by atoms with E-state index in [4.69, 9.17) is 13.9 Å². The molecule has 1 aliphatic rings. The molecule has 1 atom stereocenters. The van der Waals surface area contributed by atoms with Gasteiger partial charge in [0.2, 0.25) is 0 Å². The lowest BCUT2D eigenvalue weighted by Gasteiger charge is -2.24. The average Bonchev–Trinajstić information content (AvgIpc) is 3.34. The number of thiazole rings is 1. The molecule has 0 saturated heterocycles. The van der Waals surface area contributed by atoms with E-state index in [9.17, 15) is 14.4 Å². The molecule has 0 radical (unpaired) electrons. The lowest BCUT2D eigenvalue weighted by molar-refractivity contribution is -0.139. The quantitative estimate of drug-likeness (QED) is 0.536. The molecule has 0 saturated carbocycles. The zero-order chi connectivity index (χ0) is 23.7. The Morgan fingerprint density at radius 1 is 1.15 bits per heavy atom. The molecule has 0 aliphatic carbocycles. The van der Waals surface area contributed by atoms with Gasteiger partial charge in [-0.3, -0.25) is 9.36 Å². The molecule has 3 heterocycles. The lowest BCUT2D eigenvalue weighted by atomic mass is 9.95. The van der Waals surface area contributed by atoms with Crippen molar-refractivity contribution in [1.29, 1.82) is 0 Å². The molecule has 3 aromatic rings. The van der Waals surface area contributed by atoms with Crippen LogP contribution in [0.3, 0.4) is 0 Å². The Morgan fingerprint density at radius 2 is 1.88 bits per heavy atom. The van der Waals surface area contributed by atoms with Crippen LogP contribution in [0, 0.1) is 6.92 Å². The second kappa shape index (κ2) is 9.03. The first kappa shape index (κ1) is 22.5. The van der Waals surface area contributed by atoms with Crippen LogP contribution in [-0.4, -0.2) is 30.2 Å². The number of furan rings is 1.